The molecule has 1 aromatic rings. The number of piperidine rings is 1. The van der Waals surface area contributed by atoms with Crippen molar-refractivity contribution < 1.29 is 43.9 Å². The zero-order valence-corrected chi connectivity index (χ0v) is 26.8. The van der Waals surface area contributed by atoms with Crippen LogP contribution in [0.4, 0.5) is 5.69 Å². The number of aliphatic hydroxyl groups is 3. The number of halogens is 1. The summed E-state index contributed by atoms with van der Waals surface area (Å²) >= 11 is 0. The van der Waals surface area contributed by atoms with E-state index in [4.69, 9.17) is 18.9 Å². The summed E-state index contributed by atoms with van der Waals surface area (Å²) in [4.78, 5) is 28.3. The Hall–Kier alpha value is -1.83. The molecule has 7 bridgehead atoms. The Labute approximate surface area is 264 Å². The van der Waals surface area contributed by atoms with Gasteiger partial charge in [-0.3, -0.25) is 9.69 Å². The average Bonchev–Trinajstić information content (AvgIpc) is 3.36. The second-order valence-corrected chi connectivity index (χ2v) is 13.9. The highest BCUT2D eigenvalue weighted by atomic mass is 35.5. The van der Waals surface area contributed by atoms with E-state index in [2.05, 4.69) is 17.1 Å². The minimum Gasteiger partial charge on any atom is -0.454 e. The number of anilines is 1. The van der Waals surface area contributed by atoms with E-state index < -0.39 is 57.8 Å². The minimum atomic E-state index is -1.76. The highest BCUT2D eigenvalue weighted by Gasteiger charge is 2.91. The number of likely N-dealkylation sites (tertiary alicyclic amines) is 1. The number of carbonyl (C=O) groups is 2. The number of rotatable bonds is 7. The average molecular weight is 637 g/mol. The maximum atomic E-state index is 14.0. The van der Waals surface area contributed by atoms with Crippen molar-refractivity contribution in [1.29, 1.82) is 0 Å². The van der Waals surface area contributed by atoms with E-state index in [0.717, 1.165) is 0 Å². The highest BCUT2D eigenvalue weighted by Crippen LogP contribution is 2.79. The number of hydrogen-bond donors (Lipinski definition) is 4. The van der Waals surface area contributed by atoms with Gasteiger partial charge in [0.1, 0.15) is 28.5 Å². The maximum absolute atomic E-state index is 14.0. The smallest absolute Gasteiger partial charge is 0.340 e. The number of hydrogen-bond acceptors (Lipinski definition) is 10. The molecule has 44 heavy (non-hydrogen) atoms. The first-order chi connectivity index (χ1) is 20.4. The van der Waals surface area contributed by atoms with Crippen LogP contribution in [0.25, 0.3) is 0 Å². The van der Waals surface area contributed by atoms with Gasteiger partial charge >= 0.3 is 5.97 Å². The largest absolute Gasteiger partial charge is 0.454 e. The first-order valence-corrected chi connectivity index (χ1v) is 15.5. The monoisotopic (exact) mass is 636 g/mol. The van der Waals surface area contributed by atoms with Crippen molar-refractivity contribution in [2.75, 3.05) is 39.7 Å². The number of nitrogens with one attached hydrogen (secondary N) is 1. The van der Waals surface area contributed by atoms with Crippen LogP contribution >= 0.6 is 12.4 Å². The summed E-state index contributed by atoms with van der Waals surface area (Å²) in [6, 6.07) is 6.65. The molecule has 5 aliphatic carbocycles. The third kappa shape index (κ3) is 3.53. The molecule has 1 heterocycles. The van der Waals surface area contributed by atoms with E-state index in [1.54, 1.807) is 31.4 Å². The predicted molar refractivity (Wildman–Crippen MR) is 160 cm³/mol. The third-order valence-electron chi connectivity index (χ3n) is 12.7. The van der Waals surface area contributed by atoms with Crippen molar-refractivity contribution in [2.24, 2.45) is 23.2 Å². The predicted octanol–water partition coefficient (Wildman–Crippen LogP) is 1.76. The molecule has 4 N–H and O–H groups in total. The minimum absolute atomic E-state index is 0. The van der Waals surface area contributed by atoms with Gasteiger partial charge in [-0.2, -0.15) is 0 Å². The van der Waals surface area contributed by atoms with Crippen LogP contribution in [0.3, 0.4) is 0 Å². The van der Waals surface area contributed by atoms with Crippen LogP contribution in [-0.2, 0) is 23.7 Å². The molecule has 12 heteroatoms. The molecule has 5 saturated carbocycles. The molecule has 1 amide bonds. The standard InChI is InChI=1S/C32H44N2O9.ClH/c1-6-34-16-28(43-26(36)18-9-7-8-10-20(18)33-17(2)35)12-11-23(40-3)31-21(28)13-19(25(31)34)30(38)15-24(41-4)29(37)14-22(31)32(30,39)27(29)42-5;/h7-10,19,21-25,27,37-39H,6,11-16H2,1-5H3,(H,33,35);1H/t19-,21+,22-,23-,24-,25?,27-,28+,29-,30-,31-,32-;/m0./s1. The quantitative estimate of drug-likeness (QED) is 0.327. The number of para-hydroxylation sites is 1. The molecule has 1 unspecified atom stereocenters. The molecular weight excluding hydrogens is 592 g/mol. The van der Waals surface area contributed by atoms with Gasteiger partial charge in [-0.05, 0) is 44.4 Å². The Morgan fingerprint density at radius 2 is 1.73 bits per heavy atom. The summed E-state index contributed by atoms with van der Waals surface area (Å²) < 4.78 is 24.7. The topological polar surface area (TPSA) is 147 Å². The van der Waals surface area contributed by atoms with Crippen molar-refractivity contribution in [1.82, 2.24) is 4.90 Å². The van der Waals surface area contributed by atoms with Crippen LogP contribution in [0.1, 0.15) is 56.3 Å². The fourth-order valence-corrected chi connectivity index (χ4v) is 11.6. The second kappa shape index (κ2) is 10.3. The number of ether oxygens (including phenoxy) is 4. The lowest BCUT2D eigenvalue weighted by Gasteiger charge is -2.70. The highest BCUT2D eigenvalue weighted by molar-refractivity contribution is 6.00. The summed E-state index contributed by atoms with van der Waals surface area (Å²) in [6.07, 6.45) is -0.215. The van der Waals surface area contributed by atoms with Crippen LogP contribution < -0.4 is 5.32 Å². The number of nitrogens with zero attached hydrogens (tertiary/aromatic N) is 1. The first kappa shape index (κ1) is 32.1. The molecule has 1 aliphatic heterocycles. The Kier molecular flexibility index (Phi) is 7.55. The van der Waals surface area contributed by atoms with Crippen LogP contribution in [0.2, 0.25) is 0 Å². The molecule has 1 aromatic carbocycles. The summed E-state index contributed by atoms with van der Waals surface area (Å²) in [5.74, 6) is -2.08. The Bertz CT molecular complexity index is 1350. The molecule has 244 valence electrons. The van der Waals surface area contributed by atoms with Crippen molar-refractivity contribution in [3.63, 3.8) is 0 Å². The number of esters is 1. The van der Waals surface area contributed by atoms with E-state index in [1.807, 2.05) is 0 Å². The number of carbonyl (C=O) groups excluding carboxylic acids is 2. The van der Waals surface area contributed by atoms with Gasteiger partial charge in [-0.1, -0.05) is 19.1 Å². The molecular formula is C32H45ClN2O9. The van der Waals surface area contributed by atoms with Gasteiger partial charge in [0, 0.05) is 70.4 Å². The lowest BCUT2D eigenvalue weighted by atomic mass is 9.44. The van der Waals surface area contributed by atoms with Crippen LogP contribution in [-0.4, -0.2) is 113 Å². The van der Waals surface area contributed by atoms with Crippen molar-refractivity contribution in [3.8, 4) is 0 Å². The summed E-state index contributed by atoms with van der Waals surface area (Å²) in [5.41, 5.74) is -5.92. The van der Waals surface area contributed by atoms with E-state index >= 15 is 0 Å². The van der Waals surface area contributed by atoms with Crippen LogP contribution in [0.5, 0.6) is 0 Å². The molecule has 6 aliphatic rings. The van der Waals surface area contributed by atoms with Gasteiger partial charge in [-0.15, -0.1) is 12.4 Å². The van der Waals surface area contributed by atoms with Crippen molar-refractivity contribution >= 4 is 30.0 Å². The molecule has 1 saturated heterocycles. The van der Waals surface area contributed by atoms with Crippen molar-refractivity contribution in [2.45, 2.75) is 92.7 Å². The molecule has 1 spiro atoms. The molecule has 12 atom stereocenters. The maximum Gasteiger partial charge on any atom is 0.340 e. The molecule has 0 aromatic heterocycles. The lowest BCUT2D eigenvalue weighted by molar-refractivity contribution is -0.347. The van der Waals surface area contributed by atoms with E-state index in [-0.39, 0.29) is 54.8 Å². The van der Waals surface area contributed by atoms with Crippen LogP contribution in [0, 0.1) is 23.2 Å². The van der Waals surface area contributed by atoms with Crippen LogP contribution in [0.15, 0.2) is 24.3 Å². The zero-order valence-electron chi connectivity index (χ0n) is 25.9. The van der Waals surface area contributed by atoms with E-state index in [1.165, 1.54) is 21.1 Å². The molecule has 11 nitrogen and oxygen atoms in total. The second-order valence-electron chi connectivity index (χ2n) is 13.9. The Morgan fingerprint density at radius 1 is 1.02 bits per heavy atom. The SMILES string of the molecule is CCN1C[C@]2(OC(=O)c3ccccc3NC(C)=O)CC[C@H](OC)[C@]34C1[C@H](C[C@H]23)[C@@]1(O)C[C@H](OC)[C@@]2(O)C[C@@H]4[C@]1(O)[C@H]2OC.Cl. The van der Waals surface area contributed by atoms with Gasteiger partial charge in [-0.25, -0.2) is 4.79 Å². The zero-order chi connectivity index (χ0) is 30.7. The summed E-state index contributed by atoms with van der Waals surface area (Å²) in [6.45, 7) is 4.58. The molecule has 7 rings (SSSR count). The molecule has 6 fully saturated rings. The van der Waals surface area contributed by atoms with Gasteiger partial charge in [0.25, 0.3) is 0 Å². The molecule has 0 radical (unpaired) electrons. The first-order valence-electron chi connectivity index (χ1n) is 15.5. The number of benzene rings is 1. The summed E-state index contributed by atoms with van der Waals surface area (Å²) in [7, 11) is 4.68. The van der Waals surface area contributed by atoms with E-state index in [9.17, 15) is 24.9 Å². The van der Waals surface area contributed by atoms with Gasteiger partial charge < -0.3 is 39.6 Å². The Morgan fingerprint density at radius 3 is 2.36 bits per heavy atom. The van der Waals surface area contributed by atoms with Gasteiger partial charge in [0.2, 0.25) is 5.91 Å². The fourth-order valence-electron chi connectivity index (χ4n) is 11.6. The van der Waals surface area contributed by atoms with Crippen molar-refractivity contribution in [3.05, 3.63) is 29.8 Å². The lowest BCUT2D eigenvalue weighted by Crippen LogP contribution is -2.84. The third-order valence-corrected chi connectivity index (χ3v) is 12.7. The summed E-state index contributed by atoms with van der Waals surface area (Å²) in [5, 5.41) is 40.6. The fraction of sp³-hybridized carbons (Fsp3) is 0.750. The normalized spacial score (nSPS) is 48.0. The number of fused-ring (bicyclic) bond motifs is 2. The number of methoxy groups -OCH3 is 3. The number of amides is 1. The number of likely N-dealkylation sites (N-methyl/N-ethyl adjacent to an activating group) is 1. The van der Waals surface area contributed by atoms with Gasteiger partial charge in [0.15, 0.2) is 0 Å². The van der Waals surface area contributed by atoms with E-state index in [0.29, 0.717) is 38.0 Å². The van der Waals surface area contributed by atoms with Gasteiger partial charge in [0.05, 0.1) is 23.5 Å². The Balaban J connectivity index is 0.00000343.